The lowest BCUT2D eigenvalue weighted by Crippen LogP contribution is -2.51. The van der Waals surface area contributed by atoms with Crippen molar-refractivity contribution in [1.82, 2.24) is 10.4 Å². The first-order chi connectivity index (χ1) is 13.7. The van der Waals surface area contributed by atoms with Gasteiger partial charge in [0.05, 0.1) is 11.8 Å². The Morgan fingerprint density at radius 2 is 1.66 bits per heavy atom. The number of hydrogen-bond donors (Lipinski definition) is 1. The monoisotopic (exact) mass is 396 g/mol. The van der Waals surface area contributed by atoms with E-state index in [-0.39, 0.29) is 35.5 Å². The highest BCUT2D eigenvalue weighted by Crippen LogP contribution is 2.59. The largest absolute Gasteiger partial charge is 0.481 e. The quantitative estimate of drug-likeness (QED) is 0.627. The fraction of sp³-hybridized carbons (Fsp3) is 0.522. The Morgan fingerprint density at radius 1 is 1.07 bits per heavy atom. The van der Waals surface area contributed by atoms with Crippen molar-refractivity contribution in [3.05, 3.63) is 40.5 Å². The molecule has 29 heavy (non-hydrogen) atoms. The van der Waals surface area contributed by atoms with E-state index in [4.69, 9.17) is 4.74 Å². The number of carbonyl (C=O) groups is 3. The van der Waals surface area contributed by atoms with Crippen LogP contribution in [-0.2, 0) is 14.4 Å². The predicted octanol–water partition coefficient (Wildman–Crippen LogP) is 3.08. The van der Waals surface area contributed by atoms with Gasteiger partial charge in [-0.3, -0.25) is 19.8 Å². The van der Waals surface area contributed by atoms with E-state index in [2.05, 4.69) is 19.3 Å². The molecule has 5 atom stereocenters. The maximum Gasteiger partial charge on any atom is 0.279 e. The van der Waals surface area contributed by atoms with Gasteiger partial charge in [-0.2, -0.15) is 5.01 Å². The Labute approximate surface area is 171 Å². The number of imide groups is 1. The molecule has 3 aliphatic rings. The summed E-state index contributed by atoms with van der Waals surface area (Å²) in [5.74, 6) is -0.868. The van der Waals surface area contributed by atoms with Crippen LogP contribution in [0.15, 0.2) is 29.3 Å². The van der Waals surface area contributed by atoms with Gasteiger partial charge in [0.25, 0.3) is 17.7 Å². The number of fused-ring (bicyclic) bond motifs is 5. The van der Waals surface area contributed by atoms with Gasteiger partial charge in [0, 0.05) is 0 Å². The Hall–Kier alpha value is -2.63. The summed E-state index contributed by atoms with van der Waals surface area (Å²) in [5, 5.41) is 0.949. The minimum atomic E-state index is -0.830. The zero-order chi connectivity index (χ0) is 21.0. The molecule has 2 bridgehead atoms. The third-order valence-corrected chi connectivity index (χ3v) is 6.81. The number of aryl methyl sites for hydroxylation is 2. The second kappa shape index (κ2) is 7.01. The summed E-state index contributed by atoms with van der Waals surface area (Å²) in [4.78, 5) is 38.6. The average Bonchev–Trinajstić information content (AvgIpc) is 3.30. The van der Waals surface area contributed by atoms with E-state index in [1.54, 1.807) is 13.0 Å². The smallest absolute Gasteiger partial charge is 0.279 e. The molecule has 1 N–H and O–H groups in total. The molecule has 0 aromatic heterocycles. The van der Waals surface area contributed by atoms with E-state index in [1.165, 1.54) is 11.1 Å². The minimum Gasteiger partial charge on any atom is -0.481 e. The molecule has 0 radical (unpaired) electrons. The van der Waals surface area contributed by atoms with E-state index >= 15 is 0 Å². The standard InChI is InChI=1S/C23H28N2O4/c1-11(2)18-16-8-9-17(18)20-19(16)22(27)25(23(20)28)24-21(26)14(5)29-15-7-6-12(3)13(4)10-15/h6-7,10,14,16-17,19-20H,8-9H2,1-5H3,(H,24,26)/t14-,16-,17-,19+,20+/m1/s1. The third kappa shape index (κ3) is 3.05. The molecule has 1 heterocycles. The first-order valence-corrected chi connectivity index (χ1v) is 10.3. The topological polar surface area (TPSA) is 75.7 Å². The van der Waals surface area contributed by atoms with Crippen LogP contribution >= 0.6 is 0 Å². The van der Waals surface area contributed by atoms with E-state index in [9.17, 15) is 14.4 Å². The Kier molecular flexibility index (Phi) is 4.75. The minimum absolute atomic E-state index is 0.137. The van der Waals surface area contributed by atoms with Crippen LogP contribution in [0.1, 0.15) is 44.7 Å². The first-order valence-electron chi connectivity index (χ1n) is 10.3. The SMILES string of the molecule is CC(C)=C1[C@H]2CC[C@H]1[C@@H]1C(=O)N(NC(=O)[C@@H](C)Oc3ccc(C)c(C)c3)C(=O)[C@H]12. The number of nitrogens with zero attached hydrogens (tertiary/aromatic N) is 1. The fourth-order valence-corrected chi connectivity index (χ4v) is 5.35. The van der Waals surface area contributed by atoms with Crippen LogP contribution in [0.4, 0.5) is 0 Å². The van der Waals surface area contributed by atoms with Gasteiger partial charge in [-0.25, -0.2) is 0 Å². The lowest BCUT2D eigenvalue weighted by atomic mass is 9.81. The highest BCUT2D eigenvalue weighted by molar-refractivity contribution is 6.07. The molecule has 0 spiro atoms. The molecule has 2 aliphatic carbocycles. The lowest BCUT2D eigenvalue weighted by Gasteiger charge is -2.22. The summed E-state index contributed by atoms with van der Waals surface area (Å²) in [6.07, 6.45) is 1.06. The number of amides is 3. The summed E-state index contributed by atoms with van der Waals surface area (Å²) in [6.45, 7) is 9.71. The van der Waals surface area contributed by atoms with E-state index < -0.39 is 12.0 Å². The van der Waals surface area contributed by atoms with E-state index in [0.717, 1.165) is 29.0 Å². The number of carbonyl (C=O) groups excluding carboxylic acids is 3. The van der Waals surface area contributed by atoms with Gasteiger partial charge >= 0.3 is 0 Å². The number of benzene rings is 1. The van der Waals surface area contributed by atoms with E-state index in [1.807, 2.05) is 26.0 Å². The molecule has 1 aromatic carbocycles. The van der Waals surface area contributed by atoms with Crippen LogP contribution in [0.25, 0.3) is 0 Å². The van der Waals surface area contributed by atoms with Crippen LogP contribution in [0.2, 0.25) is 0 Å². The van der Waals surface area contributed by atoms with Crippen molar-refractivity contribution in [2.75, 3.05) is 0 Å². The van der Waals surface area contributed by atoms with Gasteiger partial charge in [0.2, 0.25) is 0 Å². The second-order valence-electron chi connectivity index (χ2n) is 8.79. The number of rotatable bonds is 4. The predicted molar refractivity (Wildman–Crippen MR) is 108 cm³/mol. The second-order valence-corrected chi connectivity index (χ2v) is 8.79. The van der Waals surface area contributed by atoms with Crippen LogP contribution in [0, 0.1) is 37.5 Å². The fourth-order valence-electron chi connectivity index (χ4n) is 5.35. The molecule has 3 fully saturated rings. The molecular weight excluding hydrogens is 368 g/mol. The molecule has 2 saturated carbocycles. The molecular formula is C23H28N2O4. The molecule has 6 heteroatoms. The van der Waals surface area contributed by atoms with Gasteiger partial charge < -0.3 is 4.74 Å². The van der Waals surface area contributed by atoms with Gasteiger partial charge in [-0.1, -0.05) is 17.2 Å². The van der Waals surface area contributed by atoms with Crippen LogP contribution < -0.4 is 10.2 Å². The van der Waals surface area contributed by atoms with E-state index in [0.29, 0.717) is 5.75 Å². The Balaban J connectivity index is 1.46. The molecule has 1 aromatic rings. The highest BCUT2D eigenvalue weighted by Gasteiger charge is 2.63. The summed E-state index contributed by atoms with van der Waals surface area (Å²) in [7, 11) is 0. The van der Waals surface area contributed by atoms with Crippen molar-refractivity contribution in [3.63, 3.8) is 0 Å². The van der Waals surface area contributed by atoms with Gasteiger partial charge in [-0.15, -0.1) is 0 Å². The normalized spacial score (nSPS) is 28.6. The van der Waals surface area contributed by atoms with Crippen molar-refractivity contribution in [1.29, 1.82) is 0 Å². The number of nitrogens with one attached hydrogen (secondary N) is 1. The Morgan fingerprint density at radius 3 is 2.17 bits per heavy atom. The summed E-state index contributed by atoms with van der Waals surface area (Å²) < 4.78 is 5.72. The first kappa shape index (κ1) is 19.7. The molecule has 3 amide bonds. The molecule has 4 rings (SSSR count). The number of ether oxygens (including phenoxy) is 1. The zero-order valence-electron chi connectivity index (χ0n) is 17.6. The van der Waals surface area contributed by atoms with Gasteiger partial charge in [-0.05, 0) is 82.6 Å². The van der Waals surface area contributed by atoms with Crippen molar-refractivity contribution < 1.29 is 19.1 Å². The van der Waals surface area contributed by atoms with Crippen LogP contribution in [-0.4, -0.2) is 28.8 Å². The molecule has 6 nitrogen and oxygen atoms in total. The van der Waals surface area contributed by atoms with Crippen molar-refractivity contribution >= 4 is 17.7 Å². The molecule has 0 unspecified atom stereocenters. The summed E-state index contributed by atoms with van der Waals surface area (Å²) >= 11 is 0. The Bertz CT molecular complexity index is 899. The van der Waals surface area contributed by atoms with Crippen molar-refractivity contribution in [3.8, 4) is 5.75 Å². The zero-order valence-corrected chi connectivity index (χ0v) is 17.6. The average molecular weight is 396 g/mol. The summed E-state index contributed by atoms with van der Waals surface area (Å²) in [5.41, 5.74) is 7.24. The third-order valence-electron chi connectivity index (χ3n) is 6.81. The molecule has 1 aliphatic heterocycles. The van der Waals surface area contributed by atoms with Crippen LogP contribution in [0.3, 0.4) is 0 Å². The van der Waals surface area contributed by atoms with Gasteiger partial charge in [0.1, 0.15) is 5.75 Å². The van der Waals surface area contributed by atoms with Gasteiger partial charge in [0.15, 0.2) is 6.10 Å². The maximum absolute atomic E-state index is 13.0. The number of hydrogen-bond acceptors (Lipinski definition) is 4. The number of hydrazine groups is 1. The van der Waals surface area contributed by atoms with Crippen molar-refractivity contribution in [2.24, 2.45) is 23.7 Å². The highest BCUT2D eigenvalue weighted by atomic mass is 16.5. The van der Waals surface area contributed by atoms with Crippen LogP contribution in [0.5, 0.6) is 5.75 Å². The van der Waals surface area contributed by atoms with Crippen molar-refractivity contribution in [2.45, 2.75) is 53.6 Å². The maximum atomic E-state index is 13.0. The molecule has 1 saturated heterocycles. The molecule has 154 valence electrons. The number of allylic oxidation sites excluding steroid dienone is 2. The summed E-state index contributed by atoms with van der Waals surface area (Å²) in [6, 6.07) is 5.61. The lowest BCUT2D eigenvalue weighted by molar-refractivity contribution is -0.151.